The molecule has 1 fully saturated rings. The molecule has 0 bridgehead atoms. The van der Waals surface area contributed by atoms with Gasteiger partial charge in [-0.15, -0.1) is 0 Å². The predicted molar refractivity (Wildman–Crippen MR) is 81.1 cm³/mol. The first-order valence-electron chi connectivity index (χ1n) is 7.25. The maximum Gasteiger partial charge on any atom is 0.260 e. The summed E-state index contributed by atoms with van der Waals surface area (Å²) < 4.78 is 0. The lowest BCUT2D eigenvalue weighted by Gasteiger charge is -2.22. The maximum atomic E-state index is 12.0. The molecule has 1 aliphatic heterocycles. The van der Waals surface area contributed by atoms with Gasteiger partial charge >= 0.3 is 0 Å². The first kappa shape index (κ1) is 13.1. The molecule has 1 atom stereocenters. The normalized spacial score (nSPS) is 19.6. The van der Waals surface area contributed by atoms with Gasteiger partial charge in [0, 0.05) is 12.6 Å². The Morgan fingerprint density at radius 3 is 3.15 bits per heavy atom. The van der Waals surface area contributed by atoms with Crippen molar-refractivity contribution in [3.05, 3.63) is 34.6 Å². The fourth-order valence-corrected chi connectivity index (χ4v) is 2.93. The molecule has 5 nitrogen and oxygen atoms in total. The number of H-pyrrole nitrogens is 1. The number of fused-ring (bicyclic) bond motifs is 1. The van der Waals surface area contributed by atoms with Gasteiger partial charge in [0.2, 0.25) is 5.95 Å². The molecule has 20 heavy (non-hydrogen) atoms. The molecule has 0 radical (unpaired) electrons. The van der Waals surface area contributed by atoms with Crippen LogP contribution in [-0.4, -0.2) is 40.5 Å². The molecule has 3 rings (SSSR count). The van der Waals surface area contributed by atoms with Crippen molar-refractivity contribution in [2.45, 2.75) is 25.8 Å². The number of likely N-dealkylation sites (tertiary alicyclic amines) is 1. The monoisotopic (exact) mass is 272 g/mol. The second-order valence-electron chi connectivity index (χ2n) is 5.24. The highest BCUT2D eigenvalue weighted by molar-refractivity contribution is 5.78. The van der Waals surface area contributed by atoms with Gasteiger partial charge in [-0.1, -0.05) is 19.1 Å². The number of aromatic nitrogens is 2. The number of para-hydroxylation sites is 1. The van der Waals surface area contributed by atoms with Crippen LogP contribution in [0, 0.1) is 0 Å². The van der Waals surface area contributed by atoms with E-state index in [0.29, 0.717) is 17.4 Å². The Hall–Kier alpha value is -1.88. The zero-order chi connectivity index (χ0) is 13.9. The minimum absolute atomic E-state index is 0.0862. The third kappa shape index (κ3) is 2.54. The molecule has 2 aromatic rings. The molecule has 1 aromatic carbocycles. The lowest BCUT2D eigenvalue weighted by molar-refractivity contribution is 0.277. The highest BCUT2D eigenvalue weighted by Crippen LogP contribution is 2.17. The van der Waals surface area contributed by atoms with Crippen LogP contribution in [0.1, 0.15) is 19.8 Å². The van der Waals surface area contributed by atoms with Crippen LogP contribution in [0.2, 0.25) is 0 Å². The molecule has 1 unspecified atom stereocenters. The lowest BCUT2D eigenvalue weighted by atomic mass is 10.2. The topological polar surface area (TPSA) is 61.0 Å². The van der Waals surface area contributed by atoms with Crippen molar-refractivity contribution >= 4 is 16.9 Å². The molecule has 2 heterocycles. The minimum atomic E-state index is -0.0862. The fourth-order valence-electron chi connectivity index (χ4n) is 2.93. The fraction of sp³-hybridized carbons (Fsp3) is 0.467. The maximum absolute atomic E-state index is 12.0. The summed E-state index contributed by atoms with van der Waals surface area (Å²) in [6.07, 6.45) is 2.46. The SMILES string of the molecule is CCN1CCCC1CNc1nc2ccccc2c(=O)[nH]1. The van der Waals surface area contributed by atoms with Crippen LogP contribution < -0.4 is 10.9 Å². The Bertz CT molecular complexity index is 652. The largest absolute Gasteiger partial charge is 0.354 e. The molecule has 1 saturated heterocycles. The van der Waals surface area contributed by atoms with Gasteiger partial charge in [0.25, 0.3) is 5.56 Å². The van der Waals surface area contributed by atoms with E-state index in [0.717, 1.165) is 18.6 Å². The van der Waals surface area contributed by atoms with E-state index in [4.69, 9.17) is 0 Å². The van der Waals surface area contributed by atoms with Gasteiger partial charge < -0.3 is 5.32 Å². The van der Waals surface area contributed by atoms with E-state index in [9.17, 15) is 4.79 Å². The minimum Gasteiger partial charge on any atom is -0.354 e. The van der Waals surface area contributed by atoms with Crippen molar-refractivity contribution in [1.29, 1.82) is 0 Å². The van der Waals surface area contributed by atoms with E-state index < -0.39 is 0 Å². The molecule has 0 aliphatic carbocycles. The summed E-state index contributed by atoms with van der Waals surface area (Å²) in [4.78, 5) is 21.7. The second-order valence-corrected chi connectivity index (χ2v) is 5.24. The average molecular weight is 272 g/mol. The van der Waals surface area contributed by atoms with Gasteiger partial charge in [0.05, 0.1) is 10.9 Å². The van der Waals surface area contributed by atoms with Crippen LogP contribution in [0.3, 0.4) is 0 Å². The van der Waals surface area contributed by atoms with Gasteiger partial charge in [-0.3, -0.25) is 14.7 Å². The van der Waals surface area contributed by atoms with Crippen LogP contribution in [0.15, 0.2) is 29.1 Å². The summed E-state index contributed by atoms with van der Waals surface area (Å²) in [5.41, 5.74) is 0.648. The molecule has 2 N–H and O–H groups in total. The summed E-state index contributed by atoms with van der Waals surface area (Å²) in [6.45, 7) is 5.27. The quantitative estimate of drug-likeness (QED) is 0.891. The molecule has 0 saturated carbocycles. The van der Waals surface area contributed by atoms with E-state index in [-0.39, 0.29) is 5.56 Å². The van der Waals surface area contributed by atoms with Crippen molar-refractivity contribution in [3.63, 3.8) is 0 Å². The average Bonchev–Trinajstić information content (AvgIpc) is 2.93. The molecular weight excluding hydrogens is 252 g/mol. The van der Waals surface area contributed by atoms with Gasteiger partial charge in [0.15, 0.2) is 0 Å². The zero-order valence-electron chi connectivity index (χ0n) is 11.7. The zero-order valence-corrected chi connectivity index (χ0v) is 11.7. The van der Waals surface area contributed by atoms with Crippen molar-refractivity contribution < 1.29 is 0 Å². The Labute approximate surface area is 118 Å². The van der Waals surface area contributed by atoms with E-state index in [1.807, 2.05) is 18.2 Å². The van der Waals surface area contributed by atoms with Crippen LogP contribution in [0.25, 0.3) is 10.9 Å². The molecular formula is C15H20N4O. The smallest absolute Gasteiger partial charge is 0.260 e. The van der Waals surface area contributed by atoms with Gasteiger partial charge in [0.1, 0.15) is 0 Å². The Balaban J connectivity index is 1.76. The number of hydrogen-bond acceptors (Lipinski definition) is 4. The highest BCUT2D eigenvalue weighted by Gasteiger charge is 2.22. The molecule has 1 aliphatic rings. The summed E-state index contributed by atoms with van der Waals surface area (Å²) >= 11 is 0. The van der Waals surface area contributed by atoms with Crippen LogP contribution in [-0.2, 0) is 0 Å². The molecule has 1 aromatic heterocycles. The lowest BCUT2D eigenvalue weighted by Crippen LogP contribution is -2.35. The van der Waals surface area contributed by atoms with Gasteiger partial charge in [-0.2, -0.15) is 0 Å². The van der Waals surface area contributed by atoms with E-state index >= 15 is 0 Å². The number of rotatable bonds is 4. The van der Waals surface area contributed by atoms with E-state index in [1.165, 1.54) is 19.4 Å². The van der Waals surface area contributed by atoms with Crippen molar-refractivity contribution in [2.75, 3.05) is 25.0 Å². The third-order valence-corrected chi connectivity index (χ3v) is 4.02. The van der Waals surface area contributed by atoms with Crippen molar-refractivity contribution in [2.24, 2.45) is 0 Å². The van der Waals surface area contributed by atoms with Crippen molar-refractivity contribution in [3.8, 4) is 0 Å². The predicted octanol–water partition coefficient (Wildman–Crippen LogP) is 1.82. The van der Waals surface area contributed by atoms with Crippen LogP contribution in [0.4, 0.5) is 5.95 Å². The summed E-state index contributed by atoms with van der Waals surface area (Å²) in [5.74, 6) is 0.566. The first-order chi connectivity index (χ1) is 9.78. The van der Waals surface area contributed by atoms with Crippen LogP contribution in [0.5, 0.6) is 0 Å². The summed E-state index contributed by atoms with van der Waals surface area (Å²) in [6, 6.07) is 7.94. The molecule has 106 valence electrons. The Morgan fingerprint density at radius 2 is 2.30 bits per heavy atom. The Morgan fingerprint density at radius 1 is 1.45 bits per heavy atom. The number of nitrogens with one attached hydrogen (secondary N) is 2. The van der Waals surface area contributed by atoms with E-state index in [1.54, 1.807) is 6.07 Å². The van der Waals surface area contributed by atoms with Gasteiger partial charge in [-0.25, -0.2) is 4.98 Å². The van der Waals surface area contributed by atoms with Gasteiger partial charge in [-0.05, 0) is 38.1 Å². The first-order valence-corrected chi connectivity index (χ1v) is 7.25. The Kier molecular flexibility index (Phi) is 3.69. The number of aromatic amines is 1. The highest BCUT2D eigenvalue weighted by atomic mass is 16.1. The molecule has 5 heteroatoms. The number of likely N-dealkylation sites (N-methyl/N-ethyl adjacent to an activating group) is 1. The third-order valence-electron chi connectivity index (χ3n) is 4.02. The number of benzene rings is 1. The molecule has 0 spiro atoms. The van der Waals surface area contributed by atoms with E-state index in [2.05, 4.69) is 27.1 Å². The van der Waals surface area contributed by atoms with Crippen LogP contribution >= 0.6 is 0 Å². The standard InChI is InChI=1S/C15H20N4O/c1-2-19-9-5-6-11(19)10-16-15-17-13-8-4-3-7-12(13)14(20)18-15/h3-4,7-8,11H,2,5-6,9-10H2,1H3,(H2,16,17,18,20). The number of nitrogens with zero attached hydrogens (tertiary/aromatic N) is 2. The second kappa shape index (κ2) is 5.63. The summed E-state index contributed by atoms with van der Waals surface area (Å²) in [5, 5.41) is 3.91. The molecule has 0 amide bonds. The number of hydrogen-bond donors (Lipinski definition) is 2. The van der Waals surface area contributed by atoms with Crippen molar-refractivity contribution in [1.82, 2.24) is 14.9 Å². The number of anilines is 1. The summed E-state index contributed by atoms with van der Waals surface area (Å²) in [7, 11) is 0.